The third-order valence-electron chi connectivity index (χ3n) is 4.90. The van der Waals surface area contributed by atoms with Gasteiger partial charge in [0, 0.05) is 12.0 Å². The summed E-state index contributed by atoms with van der Waals surface area (Å²) in [4.78, 5) is 12.6. The van der Waals surface area contributed by atoms with Crippen molar-refractivity contribution in [3.63, 3.8) is 0 Å². The molecule has 1 heterocycles. The number of nitrogens with one attached hydrogen (secondary N) is 1. The van der Waals surface area contributed by atoms with E-state index in [1.165, 1.54) is 11.3 Å². The monoisotopic (exact) mass is 382 g/mol. The largest absolute Gasteiger partial charge is 0.329 e. The summed E-state index contributed by atoms with van der Waals surface area (Å²) < 4.78 is 0. The van der Waals surface area contributed by atoms with E-state index in [1.54, 1.807) is 0 Å². The van der Waals surface area contributed by atoms with Gasteiger partial charge < -0.3 is 5.73 Å². The van der Waals surface area contributed by atoms with Crippen LogP contribution in [0, 0.1) is 5.41 Å². The van der Waals surface area contributed by atoms with Crippen LogP contribution in [0.25, 0.3) is 0 Å². The van der Waals surface area contributed by atoms with Crippen LogP contribution in [0.4, 0.5) is 5.13 Å². The van der Waals surface area contributed by atoms with Crippen molar-refractivity contribution < 1.29 is 4.79 Å². The Bertz CT molecular complexity index is 675. The van der Waals surface area contributed by atoms with Gasteiger partial charge in [-0.1, -0.05) is 55.5 Å². The Labute approximate surface area is 159 Å². The first-order chi connectivity index (χ1) is 11.4. The van der Waals surface area contributed by atoms with Gasteiger partial charge in [-0.3, -0.25) is 10.1 Å². The highest BCUT2D eigenvalue weighted by atomic mass is 35.5. The average Bonchev–Trinajstić information content (AvgIpc) is 3.07. The van der Waals surface area contributed by atoms with E-state index in [4.69, 9.17) is 5.73 Å². The van der Waals surface area contributed by atoms with E-state index in [0.29, 0.717) is 24.5 Å². The van der Waals surface area contributed by atoms with Gasteiger partial charge in [0.05, 0.1) is 5.41 Å². The van der Waals surface area contributed by atoms with Crippen LogP contribution in [-0.4, -0.2) is 22.6 Å². The Kier molecular flexibility index (Phi) is 7.53. The van der Waals surface area contributed by atoms with Gasteiger partial charge in [-0.15, -0.1) is 22.6 Å². The number of carbonyl (C=O) groups excluding carboxylic acids is 1. The Hall–Kier alpha value is -1.50. The molecule has 0 bridgehead atoms. The highest BCUT2D eigenvalue weighted by Gasteiger charge is 2.34. The predicted octanol–water partition coefficient (Wildman–Crippen LogP) is 3.99. The van der Waals surface area contributed by atoms with Crippen molar-refractivity contribution in [3.05, 3.63) is 40.9 Å². The number of carbonyl (C=O) groups is 1. The van der Waals surface area contributed by atoms with Crippen LogP contribution >= 0.6 is 23.7 Å². The molecule has 1 amide bonds. The Balaban J connectivity index is 0.00000312. The molecule has 0 fully saturated rings. The summed E-state index contributed by atoms with van der Waals surface area (Å²) in [6.45, 7) is 8.51. The van der Waals surface area contributed by atoms with Crippen molar-refractivity contribution in [1.82, 2.24) is 10.2 Å². The van der Waals surface area contributed by atoms with E-state index < -0.39 is 5.41 Å². The second-order valence-electron chi connectivity index (χ2n) is 6.55. The lowest BCUT2D eigenvalue weighted by Gasteiger charge is -2.27. The van der Waals surface area contributed by atoms with Crippen molar-refractivity contribution in [3.8, 4) is 0 Å². The number of rotatable bonds is 7. The van der Waals surface area contributed by atoms with Gasteiger partial charge in [0.2, 0.25) is 11.0 Å². The van der Waals surface area contributed by atoms with Gasteiger partial charge in [-0.2, -0.15) is 0 Å². The predicted molar refractivity (Wildman–Crippen MR) is 106 cm³/mol. The quantitative estimate of drug-likeness (QED) is 0.758. The van der Waals surface area contributed by atoms with Crippen LogP contribution in [0.3, 0.4) is 0 Å². The van der Waals surface area contributed by atoms with Gasteiger partial charge in [0.25, 0.3) is 0 Å². The Morgan fingerprint density at radius 2 is 1.76 bits per heavy atom. The molecular weight excluding hydrogens is 356 g/mol. The standard InChI is InChI=1S/C18H26N4OS.ClH/c1-5-18(6-2,12-19)14(23)20-16-22-21-15(24-16)17(3,4)13-10-8-7-9-11-13;/h7-11H,5-6,12,19H2,1-4H3,(H,20,22,23);1H. The Morgan fingerprint density at radius 3 is 2.28 bits per heavy atom. The van der Waals surface area contributed by atoms with Crippen LogP contribution in [-0.2, 0) is 10.2 Å². The smallest absolute Gasteiger partial charge is 0.233 e. The number of amides is 1. The molecule has 0 spiro atoms. The molecule has 138 valence electrons. The number of aromatic nitrogens is 2. The van der Waals surface area contributed by atoms with E-state index in [-0.39, 0.29) is 23.7 Å². The van der Waals surface area contributed by atoms with Crippen molar-refractivity contribution in [1.29, 1.82) is 0 Å². The Morgan fingerprint density at radius 1 is 1.16 bits per heavy atom. The third kappa shape index (κ3) is 4.37. The zero-order valence-electron chi connectivity index (χ0n) is 15.2. The summed E-state index contributed by atoms with van der Waals surface area (Å²) in [6.07, 6.45) is 1.40. The van der Waals surface area contributed by atoms with Crippen molar-refractivity contribution in [2.45, 2.75) is 46.0 Å². The zero-order chi connectivity index (χ0) is 17.8. The molecule has 1 aromatic heterocycles. The molecule has 0 aliphatic heterocycles. The normalized spacial score (nSPS) is 11.7. The second-order valence-corrected chi connectivity index (χ2v) is 7.53. The summed E-state index contributed by atoms with van der Waals surface area (Å²) >= 11 is 1.42. The first kappa shape index (κ1) is 21.5. The van der Waals surface area contributed by atoms with Crippen LogP contribution in [0.1, 0.15) is 51.1 Å². The topological polar surface area (TPSA) is 80.9 Å². The summed E-state index contributed by atoms with van der Waals surface area (Å²) in [7, 11) is 0. The zero-order valence-corrected chi connectivity index (χ0v) is 16.8. The van der Waals surface area contributed by atoms with E-state index >= 15 is 0 Å². The highest BCUT2D eigenvalue weighted by Crippen LogP contribution is 2.35. The van der Waals surface area contributed by atoms with Gasteiger partial charge in [-0.25, -0.2) is 0 Å². The molecule has 0 saturated carbocycles. The number of nitrogens with two attached hydrogens (primary N) is 1. The molecule has 5 nitrogen and oxygen atoms in total. The van der Waals surface area contributed by atoms with Crippen LogP contribution in [0.15, 0.2) is 30.3 Å². The second kappa shape index (κ2) is 8.74. The molecule has 0 radical (unpaired) electrons. The summed E-state index contributed by atoms with van der Waals surface area (Å²) in [5, 5.41) is 12.8. The molecule has 0 aliphatic rings. The lowest BCUT2D eigenvalue weighted by Crippen LogP contribution is -2.41. The third-order valence-corrected chi connectivity index (χ3v) is 6.06. The molecule has 3 N–H and O–H groups in total. The molecule has 0 saturated heterocycles. The highest BCUT2D eigenvalue weighted by molar-refractivity contribution is 7.15. The van der Waals surface area contributed by atoms with E-state index in [2.05, 4.69) is 41.5 Å². The first-order valence-corrected chi connectivity index (χ1v) is 9.12. The number of hydrogen-bond donors (Lipinski definition) is 2. The maximum atomic E-state index is 12.6. The molecule has 25 heavy (non-hydrogen) atoms. The number of nitrogens with zero attached hydrogens (tertiary/aromatic N) is 2. The number of halogens is 1. The lowest BCUT2D eigenvalue weighted by atomic mass is 9.81. The molecule has 2 rings (SSSR count). The fraction of sp³-hybridized carbons (Fsp3) is 0.500. The number of hydrogen-bond acceptors (Lipinski definition) is 5. The summed E-state index contributed by atoms with van der Waals surface area (Å²) in [5.41, 5.74) is 6.20. The maximum Gasteiger partial charge on any atom is 0.233 e. The van der Waals surface area contributed by atoms with E-state index in [0.717, 1.165) is 10.6 Å². The van der Waals surface area contributed by atoms with E-state index in [1.807, 2.05) is 32.0 Å². The first-order valence-electron chi connectivity index (χ1n) is 8.30. The van der Waals surface area contributed by atoms with Gasteiger partial charge in [0.1, 0.15) is 5.01 Å². The molecule has 0 unspecified atom stereocenters. The summed E-state index contributed by atoms with van der Waals surface area (Å²) in [6, 6.07) is 10.2. The van der Waals surface area contributed by atoms with Gasteiger partial charge in [0.15, 0.2) is 0 Å². The molecule has 0 aliphatic carbocycles. The van der Waals surface area contributed by atoms with Crippen molar-refractivity contribution in [2.75, 3.05) is 11.9 Å². The van der Waals surface area contributed by atoms with Crippen molar-refractivity contribution >= 4 is 34.8 Å². The molecule has 2 aromatic rings. The number of anilines is 1. The number of benzene rings is 1. The van der Waals surface area contributed by atoms with Crippen LogP contribution < -0.4 is 11.1 Å². The van der Waals surface area contributed by atoms with Crippen LogP contribution in [0.2, 0.25) is 0 Å². The molecular formula is C18H27ClN4OS. The van der Waals surface area contributed by atoms with E-state index in [9.17, 15) is 4.79 Å². The van der Waals surface area contributed by atoms with Gasteiger partial charge in [-0.05, 0) is 32.3 Å². The fourth-order valence-electron chi connectivity index (χ4n) is 2.69. The molecule has 0 atom stereocenters. The fourth-order valence-corrected chi connectivity index (χ4v) is 3.55. The van der Waals surface area contributed by atoms with Crippen molar-refractivity contribution in [2.24, 2.45) is 11.1 Å². The minimum atomic E-state index is -0.541. The average molecular weight is 383 g/mol. The minimum absolute atomic E-state index is 0. The molecule has 1 aromatic carbocycles. The molecule has 7 heteroatoms. The maximum absolute atomic E-state index is 12.6. The minimum Gasteiger partial charge on any atom is -0.329 e. The SMILES string of the molecule is CCC(CC)(CN)C(=O)Nc1nnc(C(C)(C)c2ccccc2)s1.Cl. The summed E-state index contributed by atoms with van der Waals surface area (Å²) in [5.74, 6) is -0.0739. The van der Waals surface area contributed by atoms with Crippen LogP contribution in [0.5, 0.6) is 0 Å². The van der Waals surface area contributed by atoms with Gasteiger partial charge >= 0.3 is 0 Å². The lowest BCUT2D eigenvalue weighted by molar-refractivity contribution is -0.125.